The maximum absolute atomic E-state index is 12.4. The van der Waals surface area contributed by atoms with Crippen LogP contribution in [0.2, 0.25) is 0 Å². The van der Waals surface area contributed by atoms with Gasteiger partial charge >= 0.3 is 0 Å². The molecular weight excluding hydrogens is 270 g/mol. The molecule has 0 aromatic carbocycles. The topological polar surface area (TPSA) is 84.7 Å². The molecule has 0 spiro atoms. The zero-order valence-corrected chi connectivity index (χ0v) is 12.2. The van der Waals surface area contributed by atoms with E-state index in [0.29, 0.717) is 26.1 Å². The van der Waals surface area contributed by atoms with Crippen molar-refractivity contribution in [1.29, 1.82) is 0 Å². The molecule has 7 heteroatoms. The first-order valence-electron chi connectivity index (χ1n) is 6.42. The van der Waals surface area contributed by atoms with Gasteiger partial charge in [0.2, 0.25) is 5.91 Å². The predicted molar refractivity (Wildman–Crippen MR) is 73.0 cm³/mol. The highest BCUT2D eigenvalue weighted by atomic mass is 35.5. The summed E-state index contributed by atoms with van der Waals surface area (Å²) in [5, 5.41) is 2.77. The smallest absolute Gasteiger partial charge is 0.252 e. The van der Waals surface area contributed by atoms with Crippen molar-refractivity contribution in [3.8, 4) is 0 Å². The molecule has 2 saturated heterocycles. The highest BCUT2D eigenvalue weighted by Crippen LogP contribution is 2.25. The number of nitrogens with zero attached hydrogens (tertiary/aromatic N) is 1. The van der Waals surface area contributed by atoms with Gasteiger partial charge in [-0.1, -0.05) is 0 Å². The van der Waals surface area contributed by atoms with Gasteiger partial charge < -0.3 is 20.7 Å². The summed E-state index contributed by atoms with van der Waals surface area (Å²) in [6, 6.07) is 0. The number of nitrogens with two attached hydrogens (primary N) is 1. The lowest BCUT2D eigenvalue weighted by atomic mass is 9.97. The van der Waals surface area contributed by atoms with Gasteiger partial charge in [0.05, 0.1) is 6.10 Å². The molecule has 0 aliphatic carbocycles. The minimum absolute atomic E-state index is 0. The van der Waals surface area contributed by atoms with Crippen molar-refractivity contribution in [3.05, 3.63) is 0 Å². The molecule has 2 aliphatic heterocycles. The zero-order chi connectivity index (χ0) is 13.3. The Kier molecular flexibility index (Phi) is 5.18. The number of piperazine rings is 1. The van der Waals surface area contributed by atoms with E-state index in [2.05, 4.69) is 5.32 Å². The first-order valence-corrected chi connectivity index (χ1v) is 6.42. The summed E-state index contributed by atoms with van der Waals surface area (Å²) in [5.74, 6) is -0.207. The summed E-state index contributed by atoms with van der Waals surface area (Å²) in [6.45, 7) is 4.99. The maximum Gasteiger partial charge on any atom is 0.252 e. The normalized spacial score (nSPS) is 29.6. The van der Waals surface area contributed by atoms with E-state index in [4.69, 9.17) is 10.5 Å². The molecule has 6 nitrogen and oxygen atoms in total. The number of hydrogen-bond donors (Lipinski definition) is 2. The van der Waals surface area contributed by atoms with Crippen LogP contribution in [0.15, 0.2) is 0 Å². The summed E-state index contributed by atoms with van der Waals surface area (Å²) in [6.07, 6.45) is 1.03. The Bertz CT molecular complexity index is 362. The van der Waals surface area contributed by atoms with Crippen LogP contribution in [0.1, 0.15) is 26.7 Å². The Morgan fingerprint density at radius 1 is 1.53 bits per heavy atom. The monoisotopic (exact) mass is 291 g/mol. The van der Waals surface area contributed by atoms with Gasteiger partial charge in [0.1, 0.15) is 11.6 Å². The van der Waals surface area contributed by atoms with E-state index in [9.17, 15) is 9.59 Å². The first kappa shape index (κ1) is 16.2. The summed E-state index contributed by atoms with van der Waals surface area (Å²) in [5.41, 5.74) is 4.73. The third-order valence-corrected chi connectivity index (χ3v) is 3.76. The molecule has 2 aliphatic rings. The van der Waals surface area contributed by atoms with Gasteiger partial charge in [0.25, 0.3) is 5.91 Å². The minimum atomic E-state index is -0.806. The van der Waals surface area contributed by atoms with Crippen LogP contribution in [0.3, 0.4) is 0 Å². The molecule has 0 bridgehead atoms. The van der Waals surface area contributed by atoms with E-state index >= 15 is 0 Å². The highest BCUT2D eigenvalue weighted by Gasteiger charge is 2.44. The van der Waals surface area contributed by atoms with E-state index in [1.165, 1.54) is 0 Å². The Hall–Kier alpha value is -0.850. The van der Waals surface area contributed by atoms with E-state index in [-0.39, 0.29) is 30.3 Å². The van der Waals surface area contributed by atoms with Crippen LogP contribution in [0, 0.1) is 0 Å². The van der Waals surface area contributed by atoms with Crippen molar-refractivity contribution >= 4 is 24.2 Å². The number of halogens is 1. The molecule has 0 radical (unpaired) electrons. The molecule has 0 aromatic heterocycles. The number of nitrogens with one attached hydrogen (secondary N) is 1. The number of hydrogen-bond acceptors (Lipinski definition) is 4. The summed E-state index contributed by atoms with van der Waals surface area (Å²) in [4.78, 5) is 25.8. The van der Waals surface area contributed by atoms with Gasteiger partial charge in [-0.3, -0.25) is 9.59 Å². The second-order valence-electron chi connectivity index (χ2n) is 5.36. The lowest BCUT2D eigenvalue weighted by molar-refractivity contribution is -0.156. The van der Waals surface area contributed by atoms with E-state index in [1.807, 2.05) is 0 Å². The molecule has 0 unspecified atom stereocenters. The Balaban J connectivity index is 0.00000180. The number of ether oxygens (including phenoxy) is 1. The average Bonchev–Trinajstić information content (AvgIpc) is 2.80. The van der Waals surface area contributed by atoms with E-state index in [0.717, 1.165) is 6.42 Å². The molecule has 2 atom stereocenters. The van der Waals surface area contributed by atoms with Crippen molar-refractivity contribution < 1.29 is 14.3 Å². The van der Waals surface area contributed by atoms with Crippen LogP contribution in [0.5, 0.6) is 0 Å². The predicted octanol–water partition coefficient (Wildman–Crippen LogP) is -0.348. The minimum Gasteiger partial charge on any atom is -0.364 e. The quantitative estimate of drug-likeness (QED) is 0.728. The van der Waals surface area contributed by atoms with Crippen molar-refractivity contribution in [2.75, 3.05) is 19.6 Å². The Morgan fingerprint density at radius 3 is 2.79 bits per heavy atom. The molecule has 2 heterocycles. The SMILES string of the molecule is CC1(C)C(=O)NCCN1C(=O)[C@@H]1CC[C@H](CN)O1.Cl. The highest BCUT2D eigenvalue weighted by molar-refractivity contribution is 5.93. The molecule has 2 fully saturated rings. The molecule has 0 aromatic rings. The van der Waals surface area contributed by atoms with Gasteiger partial charge in [-0.15, -0.1) is 12.4 Å². The molecular formula is C12H22ClN3O3. The zero-order valence-electron chi connectivity index (χ0n) is 11.3. The van der Waals surface area contributed by atoms with E-state index in [1.54, 1.807) is 18.7 Å². The van der Waals surface area contributed by atoms with Crippen LogP contribution >= 0.6 is 12.4 Å². The molecule has 19 heavy (non-hydrogen) atoms. The van der Waals surface area contributed by atoms with Crippen LogP contribution in [-0.4, -0.2) is 54.1 Å². The first-order chi connectivity index (χ1) is 8.46. The van der Waals surface area contributed by atoms with Crippen LogP contribution in [0.4, 0.5) is 0 Å². The van der Waals surface area contributed by atoms with Gasteiger partial charge in [-0.25, -0.2) is 0 Å². The number of carbonyl (C=O) groups is 2. The Labute approximate surface area is 119 Å². The second kappa shape index (κ2) is 6.07. The fourth-order valence-corrected chi connectivity index (χ4v) is 2.52. The lowest BCUT2D eigenvalue weighted by Crippen LogP contribution is -2.64. The fourth-order valence-electron chi connectivity index (χ4n) is 2.52. The van der Waals surface area contributed by atoms with Gasteiger partial charge in [-0.2, -0.15) is 0 Å². The van der Waals surface area contributed by atoms with Crippen LogP contribution < -0.4 is 11.1 Å². The number of amides is 2. The second-order valence-corrected chi connectivity index (χ2v) is 5.36. The largest absolute Gasteiger partial charge is 0.364 e. The third kappa shape index (κ3) is 3.01. The number of rotatable bonds is 2. The maximum atomic E-state index is 12.4. The summed E-state index contributed by atoms with van der Waals surface area (Å²) < 4.78 is 5.61. The van der Waals surface area contributed by atoms with Crippen LogP contribution in [-0.2, 0) is 14.3 Å². The average molecular weight is 292 g/mol. The molecule has 0 saturated carbocycles. The molecule has 2 rings (SSSR count). The Morgan fingerprint density at radius 2 is 2.21 bits per heavy atom. The van der Waals surface area contributed by atoms with Crippen molar-refractivity contribution in [3.63, 3.8) is 0 Å². The summed E-state index contributed by atoms with van der Waals surface area (Å²) >= 11 is 0. The van der Waals surface area contributed by atoms with Gasteiger partial charge in [-0.05, 0) is 26.7 Å². The molecule has 2 amide bonds. The number of carbonyl (C=O) groups excluding carboxylic acids is 2. The molecule has 3 N–H and O–H groups in total. The molecule has 110 valence electrons. The lowest BCUT2D eigenvalue weighted by Gasteiger charge is -2.42. The standard InChI is InChI=1S/C12H21N3O3.ClH/c1-12(2)11(17)14-5-6-15(12)10(16)9-4-3-8(7-13)18-9;/h8-9H,3-7,13H2,1-2H3,(H,14,17);1H/t8-,9+;/m1./s1. The van der Waals surface area contributed by atoms with Crippen LogP contribution in [0.25, 0.3) is 0 Å². The fraction of sp³-hybridized carbons (Fsp3) is 0.833. The van der Waals surface area contributed by atoms with Gasteiger partial charge in [0.15, 0.2) is 0 Å². The van der Waals surface area contributed by atoms with Crippen molar-refractivity contribution in [2.24, 2.45) is 5.73 Å². The van der Waals surface area contributed by atoms with Gasteiger partial charge in [0, 0.05) is 19.6 Å². The van der Waals surface area contributed by atoms with Crippen molar-refractivity contribution in [1.82, 2.24) is 10.2 Å². The van der Waals surface area contributed by atoms with E-state index < -0.39 is 11.6 Å². The third-order valence-electron chi connectivity index (χ3n) is 3.76. The van der Waals surface area contributed by atoms with Crippen molar-refractivity contribution in [2.45, 2.75) is 44.4 Å². The summed E-state index contributed by atoms with van der Waals surface area (Å²) in [7, 11) is 0.